The van der Waals surface area contributed by atoms with Crippen LogP contribution in [0.1, 0.15) is 36.1 Å². The van der Waals surface area contributed by atoms with E-state index in [4.69, 9.17) is 9.15 Å². The maximum atomic E-state index is 13.0. The molecule has 0 amide bonds. The maximum Gasteiger partial charge on any atom is 0.221 e. The summed E-state index contributed by atoms with van der Waals surface area (Å²) in [5, 5.41) is 8.16. The van der Waals surface area contributed by atoms with E-state index in [0.717, 1.165) is 25.0 Å². The largest absolute Gasteiger partial charge is 0.425 e. The lowest BCUT2D eigenvalue weighted by molar-refractivity contribution is 0.0722. The van der Waals surface area contributed by atoms with Crippen molar-refractivity contribution < 1.29 is 13.5 Å². The highest BCUT2D eigenvalue weighted by atomic mass is 79.9. The molecule has 1 aliphatic heterocycles. The topological polar surface area (TPSA) is 48.2 Å². The van der Waals surface area contributed by atoms with Gasteiger partial charge in [-0.15, -0.1) is 10.2 Å². The lowest BCUT2D eigenvalue weighted by atomic mass is 10.0. The second-order valence-electron chi connectivity index (χ2n) is 4.86. The van der Waals surface area contributed by atoms with E-state index in [1.54, 1.807) is 6.07 Å². The monoisotopic (exact) mass is 340 g/mol. The second-order valence-corrected chi connectivity index (χ2v) is 5.71. The SMILES string of the molecule is Fc1ccc(Cc2nnc(C3CCCOC3)o2)c(Br)c1. The van der Waals surface area contributed by atoms with E-state index in [1.165, 1.54) is 12.1 Å². The summed E-state index contributed by atoms with van der Waals surface area (Å²) in [4.78, 5) is 0. The molecule has 0 N–H and O–H groups in total. The molecule has 0 spiro atoms. The Bertz CT molecular complexity index is 597. The van der Waals surface area contributed by atoms with Crippen LogP contribution in [0.15, 0.2) is 27.1 Å². The van der Waals surface area contributed by atoms with E-state index in [9.17, 15) is 4.39 Å². The molecule has 0 radical (unpaired) electrons. The zero-order valence-corrected chi connectivity index (χ0v) is 12.4. The molecule has 1 aromatic carbocycles. The zero-order valence-electron chi connectivity index (χ0n) is 10.8. The average Bonchev–Trinajstić information content (AvgIpc) is 2.92. The molecule has 20 heavy (non-hydrogen) atoms. The number of hydrogen-bond acceptors (Lipinski definition) is 4. The van der Waals surface area contributed by atoms with Crippen LogP contribution in [0, 0.1) is 5.82 Å². The van der Waals surface area contributed by atoms with Crippen LogP contribution < -0.4 is 0 Å². The number of benzene rings is 1. The molecule has 0 saturated carbocycles. The Morgan fingerprint density at radius 3 is 3.00 bits per heavy atom. The van der Waals surface area contributed by atoms with Gasteiger partial charge in [-0.05, 0) is 30.5 Å². The summed E-state index contributed by atoms with van der Waals surface area (Å²) >= 11 is 3.34. The molecule has 3 rings (SSSR count). The summed E-state index contributed by atoms with van der Waals surface area (Å²) in [7, 11) is 0. The normalized spacial score (nSPS) is 19.2. The van der Waals surface area contributed by atoms with E-state index in [2.05, 4.69) is 26.1 Å². The first-order chi connectivity index (χ1) is 9.72. The van der Waals surface area contributed by atoms with Crippen molar-refractivity contribution in [3.05, 3.63) is 45.8 Å². The van der Waals surface area contributed by atoms with Gasteiger partial charge >= 0.3 is 0 Å². The van der Waals surface area contributed by atoms with Crippen LogP contribution in [0.25, 0.3) is 0 Å². The van der Waals surface area contributed by atoms with Gasteiger partial charge in [0, 0.05) is 11.1 Å². The molecule has 1 saturated heterocycles. The average molecular weight is 341 g/mol. The Balaban J connectivity index is 1.73. The van der Waals surface area contributed by atoms with Crippen molar-refractivity contribution in [3.63, 3.8) is 0 Å². The van der Waals surface area contributed by atoms with Crippen molar-refractivity contribution in [1.29, 1.82) is 0 Å². The minimum absolute atomic E-state index is 0.196. The fourth-order valence-corrected chi connectivity index (χ4v) is 2.76. The van der Waals surface area contributed by atoms with Crippen molar-refractivity contribution in [1.82, 2.24) is 10.2 Å². The Morgan fingerprint density at radius 1 is 1.35 bits per heavy atom. The number of aromatic nitrogens is 2. The number of ether oxygens (including phenoxy) is 1. The molecule has 1 unspecified atom stereocenters. The molecule has 0 aliphatic carbocycles. The van der Waals surface area contributed by atoms with Crippen molar-refractivity contribution in [2.75, 3.05) is 13.2 Å². The summed E-state index contributed by atoms with van der Waals surface area (Å²) in [6.07, 6.45) is 2.52. The first-order valence-corrected chi connectivity index (χ1v) is 7.35. The van der Waals surface area contributed by atoms with E-state index >= 15 is 0 Å². The number of rotatable bonds is 3. The molecule has 0 bridgehead atoms. The van der Waals surface area contributed by atoms with Crippen LogP contribution in [-0.4, -0.2) is 23.4 Å². The van der Waals surface area contributed by atoms with Gasteiger partial charge in [0.15, 0.2) is 0 Å². The summed E-state index contributed by atoms with van der Waals surface area (Å²) in [6.45, 7) is 1.45. The van der Waals surface area contributed by atoms with E-state index in [1.807, 2.05) is 0 Å². The van der Waals surface area contributed by atoms with Crippen molar-refractivity contribution >= 4 is 15.9 Å². The lowest BCUT2D eigenvalue weighted by Gasteiger charge is -2.18. The molecule has 4 nitrogen and oxygen atoms in total. The quantitative estimate of drug-likeness (QED) is 0.858. The summed E-state index contributed by atoms with van der Waals surface area (Å²) in [5.74, 6) is 1.10. The maximum absolute atomic E-state index is 13.0. The van der Waals surface area contributed by atoms with Crippen LogP contribution in [0.3, 0.4) is 0 Å². The molecular weight excluding hydrogens is 327 g/mol. The third kappa shape index (κ3) is 3.07. The Labute approximate surface area is 124 Å². The molecule has 2 aromatic rings. The van der Waals surface area contributed by atoms with Crippen molar-refractivity contribution in [2.24, 2.45) is 0 Å². The first-order valence-electron chi connectivity index (χ1n) is 6.56. The standard InChI is InChI=1S/C14H14BrFN2O2/c15-12-7-11(16)4-3-9(12)6-13-17-18-14(20-13)10-2-1-5-19-8-10/h3-4,7,10H,1-2,5-6,8H2. The van der Waals surface area contributed by atoms with Crippen molar-refractivity contribution in [2.45, 2.75) is 25.2 Å². The molecule has 106 valence electrons. The highest BCUT2D eigenvalue weighted by molar-refractivity contribution is 9.10. The second kappa shape index (κ2) is 6.01. The predicted molar refractivity (Wildman–Crippen MR) is 74.0 cm³/mol. The smallest absolute Gasteiger partial charge is 0.221 e. The number of nitrogens with zero attached hydrogens (tertiary/aromatic N) is 2. The third-order valence-electron chi connectivity index (χ3n) is 3.35. The van der Waals surface area contributed by atoms with Gasteiger partial charge in [-0.2, -0.15) is 0 Å². The lowest BCUT2D eigenvalue weighted by Crippen LogP contribution is -2.15. The molecule has 1 aliphatic rings. The summed E-state index contributed by atoms with van der Waals surface area (Å²) < 4.78 is 24.9. The van der Waals surface area contributed by atoms with Gasteiger partial charge in [0.05, 0.1) is 18.9 Å². The first kappa shape index (κ1) is 13.7. The molecule has 1 atom stereocenters. The fraction of sp³-hybridized carbons (Fsp3) is 0.429. The number of halogens is 2. The minimum atomic E-state index is -0.272. The molecule has 6 heteroatoms. The van der Waals surface area contributed by atoms with E-state index < -0.39 is 0 Å². The van der Waals surface area contributed by atoms with Gasteiger partial charge in [0.2, 0.25) is 11.8 Å². The van der Waals surface area contributed by atoms with E-state index in [-0.39, 0.29) is 11.7 Å². The highest BCUT2D eigenvalue weighted by Crippen LogP contribution is 2.26. The van der Waals surface area contributed by atoms with Crippen molar-refractivity contribution in [3.8, 4) is 0 Å². The Hall–Kier alpha value is -1.27. The van der Waals surface area contributed by atoms with Gasteiger partial charge in [-0.3, -0.25) is 0 Å². The molecule has 2 heterocycles. The summed E-state index contributed by atoms with van der Waals surface area (Å²) in [5.41, 5.74) is 0.918. The van der Waals surface area contributed by atoms with Gasteiger partial charge in [0.25, 0.3) is 0 Å². The van der Waals surface area contributed by atoms with E-state index in [0.29, 0.717) is 29.3 Å². The minimum Gasteiger partial charge on any atom is -0.425 e. The van der Waals surface area contributed by atoms with Gasteiger partial charge < -0.3 is 9.15 Å². The zero-order chi connectivity index (χ0) is 13.9. The fourth-order valence-electron chi connectivity index (χ4n) is 2.27. The summed E-state index contributed by atoms with van der Waals surface area (Å²) in [6, 6.07) is 4.57. The van der Waals surface area contributed by atoms with Crippen LogP contribution >= 0.6 is 15.9 Å². The highest BCUT2D eigenvalue weighted by Gasteiger charge is 2.22. The predicted octanol–water partition coefficient (Wildman–Crippen LogP) is 3.46. The third-order valence-corrected chi connectivity index (χ3v) is 4.09. The van der Waals surface area contributed by atoms with Crippen LogP contribution in [0.4, 0.5) is 4.39 Å². The number of hydrogen-bond donors (Lipinski definition) is 0. The Morgan fingerprint density at radius 2 is 2.25 bits per heavy atom. The van der Waals surface area contributed by atoms with Gasteiger partial charge in [0.1, 0.15) is 5.82 Å². The Kier molecular flexibility index (Phi) is 4.12. The van der Waals surface area contributed by atoms with Gasteiger partial charge in [-0.25, -0.2) is 4.39 Å². The van der Waals surface area contributed by atoms with Crippen LogP contribution in [0.5, 0.6) is 0 Å². The van der Waals surface area contributed by atoms with Crippen LogP contribution in [0.2, 0.25) is 0 Å². The van der Waals surface area contributed by atoms with Crippen LogP contribution in [-0.2, 0) is 11.2 Å². The molecule has 1 fully saturated rings. The molecular formula is C14H14BrFN2O2. The van der Waals surface area contributed by atoms with Gasteiger partial charge in [-0.1, -0.05) is 22.0 Å². The molecule has 1 aromatic heterocycles.